The lowest BCUT2D eigenvalue weighted by Gasteiger charge is -2.28. The molecule has 2 aliphatic rings. The summed E-state index contributed by atoms with van der Waals surface area (Å²) in [5, 5.41) is 10.3. The van der Waals surface area contributed by atoms with Gasteiger partial charge in [0.05, 0.1) is 24.1 Å². The molecule has 1 aromatic heterocycles. The van der Waals surface area contributed by atoms with Gasteiger partial charge in [-0.25, -0.2) is 0 Å². The first-order valence-corrected chi connectivity index (χ1v) is 10.6. The average molecular weight is 426 g/mol. The minimum atomic E-state index is -0.628. The van der Waals surface area contributed by atoms with Crippen molar-refractivity contribution in [3.63, 3.8) is 0 Å². The molecule has 6 nitrogen and oxygen atoms in total. The number of nitrogens with two attached hydrogens (primary N) is 1. The predicted molar refractivity (Wildman–Crippen MR) is 114 cm³/mol. The topological polar surface area (TPSA) is 90.3 Å². The third-order valence-electron chi connectivity index (χ3n) is 5.67. The van der Waals surface area contributed by atoms with Crippen LogP contribution in [0.25, 0.3) is 0 Å². The van der Waals surface area contributed by atoms with Crippen LogP contribution in [0.15, 0.2) is 46.6 Å². The molecule has 7 heteroatoms. The van der Waals surface area contributed by atoms with Gasteiger partial charge in [0.15, 0.2) is 0 Å². The van der Waals surface area contributed by atoms with Crippen LogP contribution in [0.5, 0.6) is 5.75 Å². The zero-order valence-electron chi connectivity index (χ0n) is 16.9. The van der Waals surface area contributed by atoms with E-state index in [4.69, 9.17) is 26.8 Å². The van der Waals surface area contributed by atoms with Gasteiger partial charge < -0.3 is 19.8 Å². The van der Waals surface area contributed by atoms with Crippen LogP contribution in [0.3, 0.4) is 0 Å². The summed E-state index contributed by atoms with van der Waals surface area (Å²) in [5.41, 5.74) is 8.17. The van der Waals surface area contributed by atoms with Crippen LogP contribution in [0.2, 0.25) is 5.02 Å². The molecule has 2 atom stereocenters. The molecule has 0 saturated carbocycles. The van der Waals surface area contributed by atoms with Crippen LogP contribution in [0.1, 0.15) is 48.9 Å². The molecule has 1 fully saturated rings. The van der Waals surface area contributed by atoms with Crippen molar-refractivity contribution in [2.75, 3.05) is 6.61 Å². The molecule has 4 rings (SSSR count). The van der Waals surface area contributed by atoms with Crippen molar-refractivity contribution in [3.8, 4) is 11.8 Å². The number of pyridine rings is 1. The van der Waals surface area contributed by atoms with E-state index in [0.717, 1.165) is 43.5 Å². The van der Waals surface area contributed by atoms with Gasteiger partial charge in [-0.15, -0.1) is 0 Å². The molecule has 30 heavy (non-hydrogen) atoms. The van der Waals surface area contributed by atoms with Gasteiger partial charge >= 0.3 is 0 Å². The number of benzene rings is 1. The fourth-order valence-electron chi connectivity index (χ4n) is 4.29. The standard InChI is InChI=1S/C23H24ClN3O3/c1-2-5-16-11-19-21(23(28)27(16)13-17-8-4-9-29-17)20(18(12-25)22(26)30-19)14-6-3-7-15(24)10-14/h3,6-7,10-11,17,20H,2,4-5,8-9,13,26H2,1H3. The molecule has 156 valence electrons. The van der Waals surface area contributed by atoms with Gasteiger partial charge in [0.2, 0.25) is 5.88 Å². The van der Waals surface area contributed by atoms with Crippen LogP contribution in [0, 0.1) is 11.3 Å². The highest BCUT2D eigenvalue weighted by Gasteiger charge is 2.35. The van der Waals surface area contributed by atoms with Crippen LogP contribution >= 0.6 is 11.6 Å². The zero-order chi connectivity index (χ0) is 21.3. The Bertz CT molecular complexity index is 1090. The van der Waals surface area contributed by atoms with E-state index in [0.29, 0.717) is 22.9 Å². The molecule has 1 aromatic carbocycles. The van der Waals surface area contributed by atoms with Gasteiger partial charge in [-0.1, -0.05) is 37.1 Å². The van der Waals surface area contributed by atoms with Crippen molar-refractivity contribution in [1.82, 2.24) is 4.57 Å². The fourth-order valence-corrected chi connectivity index (χ4v) is 4.49. The van der Waals surface area contributed by atoms with Crippen molar-refractivity contribution >= 4 is 11.6 Å². The summed E-state index contributed by atoms with van der Waals surface area (Å²) < 4.78 is 13.3. The van der Waals surface area contributed by atoms with E-state index in [1.807, 2.05) is 12.1 Å². The summed E-state index contributed by atoms with van der Waals surface area (Å²) >= 11 is 6.21. The van der Waals surface area contributed by atoms with Crippen LogP contribution < -0.4 is 16.0 Å². The summed E-state index contributed by atoms with van der Waals surface area (Å²) in [6.45, 7) is 3.28. The number of aromatic nitrogens is 1. The highest BCUT2D eigenvalue weighted by molar-refractivity contribution is 6.30. The Balaban J connectivity index is 1.92. The Morgan fingerprint density at radius 2 is 2.20 bits per heavy atom. The maximum atomic E-state index is 13.8. The van der Waals surface area contributed by atoms with Gasteiger partial charge in [-0.2, -0.15) is 5.26 Å². The van der Waals surface area contributed by atoms with E-state index >= 15 is 0 Å². The molecule has 3 heterocycles. The Morgan fingerprint density at radius 3 is 2.87 bits per heavy atom. The number of rotatable bonds is 5. The monoisotopic (exact) mass is 425 g/mol. The third-order valence-corrected chi connectivity index (χ3v) is 5.90. The molecule has 2 aromatic rings. The SMILES string of the molecule is CCCc1cc2c(c(=O)n1CC1CCCO1)C(c1cccc(Cl)c1)C(C#N)=C(N)O2. The largest absolute Gasteiger partial charge is 0.440 e. The lowest BCUT2D eigenvalue weighted by atomic mass is 9.84. The van der Waals surface area contributed by atoms with Crippen LogP contribution in [-0.4, -0.2) is 17.3 Å². The summed E-state index contributed by atoms with van der Waals surface area (Å²) in [7, 11) is 0. The molecule has 1 saturated heterocycles. The Hall–Kier alpha value is -2.75. The number of ether oxygens (including phenoxy) is 2. The first kappa shape index (κ1) is 20.5. The highest BCUT2D eigenvalue weighted by Crippen LogP contribution is 2.41. The number of hydrogen-bond acceptors (Lipinski definition) is 5. The van der Waals surface area contributed by atoms with Crippen LogP contribution in [-0.2, 0) is 17.7 Å². The fraction of sp³-hybridized carbons (Fsp3) is 0.391. The van der Waals surface area contributed by atoms with Gasteiger partial charge in [0.25, 0.3) is 5.56 Å². The number of nitrogens with zero attached hydrogens (tertiary/aromatic N) is 2. The molecule has 2 aliphatic heterocycles. The lowest BCUT2D eigenvalue weighted by molar-refractivity contribution is 0.0952. The zero-order valence-corrected chi connectivity index (χ0v) is 17.6. The summed E-state index contributed by atoms with van der Waals surface area (Å²) in [5.74, 6) is -0.196. The second-order valence-electron chi connectivity index (χ2n) is 7.69. The number of fused-ring (bicyclic) bond motifs is 1. The van der Waals surface area contributed by atoms with Crippen molar-refractivity contribution in [2.24, 2.45) is 5.73 Å². The number of hydrogen-bond donors (Lipinski definition) is 1. The summed E-state index contributed by atoms with van der Waals surface area (Å²) in [6, 6.07) is 11.2. The predicted octanol–water partition coefficient (Wildman–Crippen LogP) is 3.85. The van der Waals surface area contributed by atoms with E-state index in [2.05, 4.69) is 13.0 Å². The Labute approximate surface area is 180 Å². The first-order chi connectivity index (χ1) is 14.5. The van der Waals surface area contributed by atoms with Crippen molar-refractivity contribution in [1.29, 1.82) is 5.26 Å². The molecule has 0 amide bonds. The second-order valence-corrected chi connectivity index (χ2v) is 8.13. The molecule has 2 N–H and O–H groups in total. The third kappa shape index (κ3) is 3.71. The Kier molecular flexibility index (Phi) is 5.85. The van der Waals surface area contributed by atoms with Gasteiger partial charge in [-0.3, -0.25) is 4.79 Å². The number of allylic oxidation sites excluding steroid dienone is 1. The van der Waals surface area contributed by atoms with Gasteiger partial charge in [0, 0.05) is 23.4 Å². The molecule has 0 radical (unpaired) electrons. The van der Waals surface area contributed by atoms with Crippen LogP contribution in [0.4, 0.5) is 0 Å². The maximum absolute atomic E-state index is 13.8. The number of halogens is 1. The van der Waals surface area contributed by atoms with E-state index in [-0.39, 0.29) is 23.1 Å². The highest BCUT2D eigenvalue weighted by atomic mass is 35.5. The molecule has 2 unspecified atom stereocenters. The minimum absolute atomic E-state index is 0.0153. The summed E-state index contributed by atoms with van der Waals surface area (Å²) in [6.07, 6.45) is 3.56. The second kappa shape index (κ2) is 8.55. The molecular weight excluding hydrogens is 402 g/mol. The quantitative estimate of drug-likeness (QED) is 0.785. The lowest BCUT2D eigenvalue weighted by Crippen LogP contribution is -2.35. The average Bonchev–Trinajstić information content (AvgIpc) is 3.23. The molecule has 0 bridgehead atoms. The number of nitriles is 1. The van der Waals surface area contributed by atoms with Crippen molar-refractivity contribution < 1.29 is 9.47 Å². The first-order valence-electron chi connectivity index (χ1n) is 10.2. The van der Waals surface area contributed by atoms with Crippen molar-refractivity contribution in [3.05, 3.63) is 74.0 Å². The minimum Gasteiger partial charge on any atom is -0.440 e. The molecule has 0 spiro atoms. The maximum Gasteiger partial charge on any atom is 0.258 e. The van der Waals surface area contributed by atoms with Crippen molar-refractivity contribution in [2.45, 2.75) is 51.2 Å². The normalized spacial score (nSPS) is 20.6. The van der Waals surface area contributed by atoms with E-state index in [1.54, 1.807) is 22.8 Å². The van der Waals surface area contributed by atoms with Gasteiger partial charge in [-0.05, 0) is 37.0 Å². The summed E-state index contributed by atoms with van der Waals surface area (Å²) in [4.78, 5) is 13.8. The number of aryl methyl sites for hydroxylation is 1. The van der Waals surface area contributed by atoms with E-state index < -0.39 is 5.92 Å². The molecular formula is C23H24ClN3O3. The Morgan fingerprint density at radius 1 is 1.37 bits per heavy atom. The molecule has 0 aliphatic carbocycles. The van der Waals surface area contributed by atoms with E-state index in [9.17, 15) is 10.1 Å². The van der Waals surface area contributed by atoms with E-state index in [1.165, 1.54) is 0 Å². The smallest absolute Gasteiger partial charge is 0.258 e. The van der Waals surface area contributed by atoms with Gasteiger partial charge in [0.1, 0.15) is 17.4 Å².